The van der Waals surface area contributed by atoms with Crippen molar-refractivity contribution in [3.8, 4) is 0 Å². The van der Waals surface area contributed by atoms with Crippen molar-refractivity contribution in [2.45, 2.75) is 59.4 Å². The molecule has 0 fully saturated rings. The van der Waals surface area contributed by atoms with Crippen LogP contribution in [0.5, 0.6) is 0 Å². The van der Waals surface area contributed by atoms with Crippen molar-refractivity contribution >= 4 is 5.91 Å². The fraction of sp³-hybridized carbons (Fsp3) is 0.692. The van der Waals surface area contributed by atoms with Gasteiger partial charge in [-0.2, -0.15) is 0 Å². The molecule has 1 aromatic heterocycles. The van der Waals surface area contributed by atoms with E-state index < -0.39 is 0 Å². The average Bonchev–Trinajstić information content (AvgIpc) is 2.58. The van der Waals surface area contributed by atoms with Gasteiger partial charge in [0.2, 0.25) is 0 Å². The van der Waals surface area contributed by atoms with E-state index in [1.165, 1.54) is 12.8 Å². The number of unbranched alkanes of at least 4 members (excludes halogenated alkanes) is 2. The number of aromatic nitrogens is 1. The zero-order chi connectivity index (χ0) is 12.8. The van der Waals surface area contributed by atoms with Crippen LogP contribution in [-0.4, -0.2) is 17.1 Å². The van der Waals surface area contributed by atoms with Crippen molar-refractivity contribution in [1.29, 1.82) is 0 Å². The summed E-state index contributed by atoms with van der Waals surface area (Å²) in [4.78, 5) is 12.0. The molecule has 0 radical (unpaired) electrons. The minimum Gasteiger partial charge on any atom is -0.361 e. The lowest BCUT2D eigenvalue weighted by Crippen LogP contribution is -2.33. The van der Waals surface area contributed by atoms with Crippen molar-refractivity contribution < 1.29 is 9.32 Å². The number of hydrogen-bond donors (Lipinski definition) is 1. The number of carbonyl (C=O) groups is 1. The number of amides is 1. The van der Waals surface area contributed by atoms with Crippen LogP contribution >= 0.6 is 0 Å². The van der Waals surface area contributed by atoms with Gasteiger partial charge in [-0.3, -0.25) is 4.79 Å². The molecule has 0 saturated carbocycles. The van der Waals surface area contributed by atoms with E-state index in [9.17, 15) is 4.79 Å². The number of carbonyl (C=O) groups excluding carboxylic acids is 1. The smallest absolute Gasteiger partial charge is 0.256 e. The van der Waals surface area contributed by atoms with E-state index in [0.29, 0.717) is 17.0 Å². The molecule has 1 heterocycles. The zero-order valence-electron chi connectivity index (χ0n) is 11.2. The highest BCUT2D eigenvalue weighted by atomic mass is 16.5. The Hall–Kier alpha value is -1.32. The van der Waals surface area contributed by atoms with Gasteiger partial charge >= 0.3 is 0 Å². The highest BCUT2D eigenvalue weighted by molar-refractivity contribution is 5.96. The molecule has 96 valence electrons. The molecule has 0 aliphatic rings. The van der Waals surface area contributed by atoms with Crippen LogP contribution in [0.1, 0.15) is 61.3 Å². The second-order valence-electron chi connectivity index (χ2n) is 4.57. The molecular weight excluding hydrogens is 216 g/mol. The number of hydrogen-bond acceptors (Lipinski definition) is 3. The van der Waals surface area contributed by atoms with Crippen LogP contribution in [0.15, 0.2) is 4.52 Å². The summed E-state index contributed by atoms with van der Waals surface area (Å²) in [6, 6.07) is 0.197. The maximum atomic E-state index is 12.0. The molecule has 0 aromatic carbocycles. The maximum absolute atomic E-state index is 12.0. The molecule has 0 aliphatic heterocycles. The third-order valence-corrected chi connectivity index (χ3v) is 2.88. The van der Waals surface area contributed by atoms with Crippen LogP contribution in [0, 0.1) is 13.8 Å². The van der Waals surface area contributed by atoms with Gasteiger partial charge in [0.05, 0.1) is 5.69 Å². The fourth-order valence-electron chi connectivity index (χ4n) is 1.88. The maximum Gasteiger partial charge on any atom is 0.256 e. The highest BCUT2D eigenvalue weighted by Gasteiger charge is 2.18. The van der Waals surface area contributed by atoms with Crippen LogP contribution in [0.25, 0.3) is 0 Å². The van der Waals surface area contributed by atoms with Gasteiger partial charge in [0, 0.05) is 6.04 Å². The minimum absolute atomic E-state index is 0.0785. The quantitative estimate of drug-likeness (QED) is 0.775. The van der Waals surface area contributed by atoms with Gasteiger partial charge in [-0.15, -0.1) is 0 Å². The predicted molar refractivity (Wildman–Crippen MR) is 67.0 cm³/mol. The lowest BCUT2D eigenvalue weighted by Gasteiger charge is -2.13. The lowest BCUT2D eigenvalue weighted by molar-refractivity contribution is 0.0936. The lowest BCUT2D eigenvalue weighted by atomic mass is 10.1. The Bertz CT molecular complexity index is 352. The van der Waals surface area contributed by atoms with Gasteiger partial charge < -0.3 is 9.84 Å². The van der Waals surface area contributed by atoms with Gasteiger partial charge in [-0.25, -0.2) is 0 Å². The second kappa shape index (κ2) is 6.42. The van der Waals surface area contributed by atoms with Crippen molar-refractivity contribution in [2.75, 3.05) is 0 Å². The van der Waals surface area contributed by atoms with E-state index in [0.717, 1.165) is 12.8 Å². The predicted octanol–water partition coefficient (Wildman–Crippen LogP) is 2.99. The zero-order valence-corrected chi connectivity index (χ0v) is 11.2. The molecule has 1 N–H and O–H groups in total. The Morgan fingerprint density at radius 2 is 2.12 bits per heavy atom. The summed E-state index contributed by atoms with van der Waals surface area (Å²) in [5.74, 6) is 0.506. The van der Waals surface area contributed by atoms with E-state index in [4.69, 9.17) is 4.52 Å². The largest absolute Gasteiger partial charge is 0.361 e. The molecule has 0 aliphatic carbocycles. The Labute approximate surface area is 103 Å². The summed E-state index contributed by atoms with van der Waals surface area (Å²) < 4.78 is 4.99. The Morgan fingerprint density at radius 1 is 1.41 bits per heavy atom. The van der Waals surface area contributed by atoms with Gasteiger partial charge in [0.15, 0.2) is 0 Å². The summed E-state index contributed by atoms with van der Waals surface area (Å²) in [5.41, 5.74) is 1.23. The van der Waals surface area contributed by atoms with E-state index in [-0.39, 0.29) is 11.9 Å². The van der Waals surface area contributed by atoms with Gasteiger partial charge in [0.25, 0.3) is 5.91 Å². The van der Waals surface area contributed by atoms with Crippen molar-refractivity contribution in [1.82, 2.24) is 10.5 Å². The Balaban J connectivity index is 2.49. The summed E-state index contributed by atoms with van der Waals surface area (Å²) in [6.07, 6.45) is 4.58. The normalized spacial score (nSPS) is 12.5. The van der Waals surface area contributed by atoms with Gasteiger partial charge in [0.1, 0.15) is 11.3 Å². The third-order valence-electron chi connectivity index (χ3n) is 2.88. The minimum atomic E-state index is -0.0785. The Morgan fingerprint density at radius 3 is 2.65 bits per heavy atom. The molecule has 0 saturated heterocycles. The van der Waals surface area contributed by atoms with Crippen molar-refractivity contribution in [3.63, 3.8) is 0 Å². The van der Waals surface area contributed by atoms with Gasteiger partial charge in [-0.1, -0.05) is 31.3 Å². The molecule has 1 rings (SSSR count). The van der Waals surface area contributed by atoms with Crippen LogP contribution < -0.4 is 5.32 Å². The average molecular weight is 238 g/mol. The first-order valence-corrected chi connectivity index (χ1v) is 6.30. The topological polar surface area (TPSA) is 55.1 Å². The molecule has 4 nitrogen and oxygen atoms in total. The molecule has 4 heteroatoms. The molecule has 0 bridgehead atoms. The van der Waals surface area contributed by atoms with Crippen molar-refractivity contribution in [2.24, 2.45) is 0 Å². The molecular formula is C13H22N2O2. The molecule has 1 aromatic rings. The van der Waals surface area contributed by atoms with Gasteiger partial charge in [-0.05, 0) is 27.2 Å². The van der Waals surface area contributed by atoms with Crippen LogP contribution in [-0.2, 0) is 0 Å². The fourth-order valence-corrected chi connectivity index (χ4v) is 1.88. The standard InChI is InChI=1S/C13H22N2O2/c1-5-6-7-8-9(2)14-13(16)12-10(3)15-17-11(12)4/h9H,5-8H2,1-4H3,(H,14,16). The summed E-state index contributed by atoms with van der Waals surface area (Å²) in [6.45, 7) is 7.75. The van der Waals surface area contributed by atoms with E-state index in [1.54, 1.807) is 13.8 Å². The molecule has 17 heavy (non-hydrogen) atoms. The van der Waals surface area contributed by atoms with Crippen LogP contribution in [0.4, 0.5) is 0 Å². The molecule has 1 atom stereocenters. The monoisotopic (exact) mass is 238 g/mol. The first-order chi connectivity index (χ1) is 8.06. The highest BCUT2D eigenvalue weighted by Crippen LogP contribution is 2.12. The summed E-state index contributed by atoms with van der Waals surface area (Å²) in [5, 5.41) is 6.77. The SMILES string of the molecule is CCCCCC(C)NC(=O)c1c(C)noc1C. The third kappa shape index (κ3) is 3.88. The molecule has 1 unspecified atom stereocenters. The Kier molecular flexibility index (Phi) is 5.19. The molecule has 1 amide bonds. The van der Waals surface area contributed by atoms with E-state index >= 15 is 0 Å². The van der Waals surface area contributed by atoms with Crippen LogP contribution in [0.3, 0.4) is 0 Å². The second-order valence-corrected chi connectivity index (χ2v) is 4.57. The number of rotatable bonds is 6. The first-order valence-electron chi connectivity index (χ1n) is 6.30. The summed E-state index contributed by atoms with van der Waals surface area (Å²) in [7, 11) is 0. The van der Waals surface area contributed by atoms with E-state index in [2.05, 4.69) is 17.4 Å². The van der Waals surface area contributed by atoms with Crippen LogP contribution in [0.2, 0.25) is 0 Å². The number of nitrogens with one attached hydrogen (secondary N) is 1. The molecule has 0 spiro atoms. The van der Waals surface area contributed by atoms with Crippen molar-refractivity contribution in [3.05, 3.63) is 17.0 Å². The number of nitrogens with zero attached hydrogens (tertiary/aromatic N) is 1. The summed E-state index contributed by atoms with van der Waals surface area (Å²) >= 11 is 0. The first kappa shape index (κ1) is 13.7. The number of aryl methyl sites for hydroxylation is 2. The van der Waals surface area contributed by atoms with E-state index in [1.807, 2.05) is 6.92 Å².